The molecule has 2 aromatic heterocycles. The molecule has 0 atom stereocenters. The van der Waals surface area contributed by atoms with E-state index < -0.39 is 5.97 Å². The summed E-state index contributed by atoms with van der Waals surface area (Å²) in [4.78, 5) is 19.4. The van der Waals surface area contributed by atoms with Gasteiger partial charge in [0, 0.05) is 24.4 Å². The van der Waals surface area contributed by atoms with E-state index in [1.807, 2.05) is 37.3 Å². The van der Waals surface area contributed by atoms with E-state index >= 15 is 0 Å². The van der Waals surface area contributed by atoms with Gasteiger partial charge in [-0.3, -0.25) is 4.98 Å². The minimum atomic E-state index is -1.07. The molecule has 0 bridgehead atoms. The monoisotopic (exact) mass is 324 g/mol. The normalized spacial score (nSPS) is 10.5. The fourth-order valence-electron chi connectivity index (χ4n) is 2.29. The van der Waals surface area contributed by atoms with E-state index in [-0.39, 0.29) is 5.56 Å². The van der Waals surface area contributed by atoms with E-state index in [4.69, 9.17) is 14.3 Å². The molecule has 6 nitrogen and oxygen atoms in total. The number of oxazole rings is 1. The van der Waals surface area contributed by atoms with Crippen molar-refractivity contribution in [2.24, 2.45) is 0 Å². The Morgan fingerprint density at radius 1 is 1.25 bits per heavy atom. The molecule has 6 heteroatoms. The summed E-state index contributed by atoms with van der Waals surface area (Å²) in [5, 5.41) is 9.11. The predicted octanol–water partition coefficient (Wildman–Crippen LogP) is 3.36. The average molecular weight is 324 g/mol. The third kappa shape index (κ3) is 3.43. The molecule has 0 aliphatic heterocycles. The second kappa shape index (κ2) is 6.95. The Bertz CT molecular complexity index is 843. The van der Waals surface area contributed by atoms with Gasteiger partial charge in [0.2, 0.25) is 5.89 Å². The molecule has 0 saturated carbocycles. The highest BCUT2D eigenvalue weighted by molar-refractivity contribution is 5.90. The topological polar surface area (TPSA) is 85.5 Å². The standard InChI is InChI=1S/C18H16N2O4/c1-12-15(20-17(24-12)13-5-3-2-4-6-13)8-10-23-16-7-9-19-11-14(16)18(21)22/h2-7,9,11H,8,10H2,1H3,(H,21,22). The van der Waals surface area contributed by atoms with E-state index in [0.717, 1.165) is 17.0 Å². The van der Waals surface area contributed by atoms with Crippen molar-refractivity contribution in [1.82, 2.24) is 9.97 Å². The number of carboxylic acids is 1. The SMILES string of the molecule is Cc1oc(-c2ccccc2)nc1CCOc1ccncc1C(=O)O. The van der Waals surface area contributed by atoms with Gasteiger partial charge < -0.3 is 14.3 Å². The van der Waals surface area contributed by atoms with Gasteiger partial charge in [-0.25, -0.2) is 9.78 Å². The Morgan fingerprint density at radius 3 is 2.79 bits per heavy atom. The first-order valence-electron chi connectivity index (χ1n) is 7.47. The molecule has 24 heavy (non-hydrogen) atoms. The van der Waals surface area contributed by atoms with Gasteiger partial charge in [-0.15, -0.1) is 0 Å². The van der Waals surface area contributed by atoms with Crippen LogP contribution >= 0.6 is 0 Å². The van der Waals surface area contributed by atoms with Gasteiger partial charge in [-0.05, 0) is 25.1 Å². The maximum atomic E-state index is 11.1. The van der Waals surface area contributed by atoms with Crippen LogP contribution in [0.25, 0.3) is 11.5 Å². The maximum Gasteiger partial charge on any atom is 0.341 e. The van der Waals surface area contributed by atoms with Crippen LogP contribution in [0.4, 0.5) is 0 Å². The highest BCUT2D eigenvalue weighted by Gasteiger charge is 2.13. The largest absolute Gasteiger partial charge is 0.492 e. The molecule has 0 aliphatic rings. The third-order valence-electron chi connectivity index (χ3n) is 3.52. The van der Waals surface area contributed by atoms with Gasteiger partial charge in [0.15, 0.2) is 0 Å². The number of aromatic nitrogens is 2. The molecule has 0 spiro atoms. The first kappa shape index (κ1) is 15.7. The van der Waals surface area contributed by atoms with Crippen molar-refractivity contribution in [2.45, 2.75) is 13.3 Å². The molecule has 2 heterocycles. The fraction of sp³-hybridized carbons (Fsp3) is 0.167. The summed E-state index contributed by atoms with van der Waals surface area (Å²) in [6, 6.07) is 11.2. The Kier molecular flexibility index (Phi) is 4.56. The molecule has 0 radical (unpaired) electrons. The molecule has 1 aromatic carbocycles. The minimum absolute atomic E-state index is 0.0411. The Balaban J connectivity index is 1.68. The summed E-state index contributed by atoms with van der Waals surface area (Å²) < 4.78 is 11.3. The van der Waals surface area contributed by atoms with Crippen LogP contribution in [0.2, 0.25) is 0 Å². The van der Waals surface area contributed by atoms with Crippen molar-refractivity contribution in [3.8, 4) is 17.2 Å². The molecular weight excluding hydrogens is 308 g/mol. The van der Waals surface area contributed by atoms with Crippen LogP contribution < -0.4 is 4.74 Å². The minimum Gasteiger partial charge on any atom is -0.492 e. The molecule has 0 unspecified atom stereocenters. The van der Waals surface area contributed by atoms with Crippen LogP contribution in [-0.2, 0) is 6.42 Å². The molecule has 0 fully saturated rings. The zero-order valence-electron chi connectivity index (χ0n) is 13.1. The van der Waals surface area contributed by atoms with Crippen LogP contribution in [0.3, 0.4) is 0 Å². The first-order valence-corrected chi connectivity index (χ1v) is 7.47. The quantitative estimate of drug-likeness (QED) is 0.748. The Morgan fingerprint density at radius 2 is 2.04 bits per heavy atom. The second-order valence-electron chi connectivity index (χ2n) is 5.16. The highest BCUT2D eigenvalue weighted by Crippen LogP contribution is 2.22. The van der Waals surface area contributed by atoms with Gasteiger partial charge in [0.05, 0.1) is 12.3 Å². The molecule has 1 N–H and O–H groups in total. The van der Waals surface area contributed by atoms with E-state index in [1.165, 1.54) is 18.5 Å². The summed E-state index contributed by atoms with van der Waals surface area (Å²) in [7, 11) is 0. The second-order valence-corrected chi connectivity index (χ2v) is 5.16. The highest BCUT2D eigenvalue weighted by atomic mass is 16.5. The fourth-order valence-corrected chi connectivity index (χ4v) is 2.29. The number of carboxylic acid groups (broad SMARTS) is 1. The zero-order valence-corrected chi connectivity index (χ0v) is 13.1. The van der Waals surface area contributed by atoms with Crippen LogP contribution in [0.15, 0.2) is 53.2 Å². The number of pyridine rings is 1. The maximum absolute atomic E-state index is 11.1. The molecule has 0 saturated heterocycles. The Hall–Kier alpha value is -3.15. The number of benzene rings is 1. The summed E-state index contributed by atoms with van der Waals surface area (Å²) in [5.74, 6) is 0.521. The van der Waals surface area contributed by atoms with Crippen molar-refractivity contribution < 1.29 is 19.1 Å². The smallest absolute Gasteiger partial charge is 0.341 e. The third-order valence-corrected chi connectivity index (χ3v) is 3.52. The lowest BCUT2D eigenvalue weighted by Crippen LogP contribution is -2.07. The number of carbonyl (C=O) groups is 1. The lowest BCUT2D eigenvalue weighted by atomic mass is 10.2. The van der Waals surface area contributed by atoms with Gasteiger partial charge in [0.1, 0.15) is 17.1 Å². The van der Waals surface area contributed by atoms with Crippen LogP contribution in [0, 0.1) is 6.92 Å². The van der Waals surface area contributed by atoms with Gasteiger partial charge in [-0.1, -0.05) is 18.2 Å². The number of nitrogens with zero attached hydrogens (tertiary/aromatic N) is 2. The number of hydrogen-bond acceptors (Lipinski definition) is 5. The number of hydrogen-bond donors (Lipinski definition) is 1. The van der Waals surface area contributed by atoms with E-state index in [0.29, 0.717) is 24.7 Å². The summed E-state index contributed by atoms with van der Waals surface area (Å²) in [5.41, 5.74) is 1.74. The van der Waals surface area contributed by atoms with Crippen molar-refractivity contribution in [2.75, 3.05) is 6.61 Å². The molecule has 122 valence electrons. The molecule has 0 amide bonds. The first-order chi connectivity index (χ1) is 11.6. The van der Waals surface area contributed by atoms with Crippen molar-refractivity contribution in [3.05, 3.63) is 65.8 Å². The number of ether oxygens (including phenoxy) is 1. The number of aromatic carboxylic acids is 1. The molecule has 3 aromatic rings. The van der Waals surface area contributed by atoms with E-state index in [2.05, 4.69) is 9.97 Å². The van der Waals surface area contributed by atoms with Gasteiger partial charge >= 0.3 is 5.97 Å². The van der Waals surface area contributed by atoms with Gasteiger partial charge in [-0.2, -0.15) is 0 Å². The number of aryl methyl sites for hydroxylation is 1. The van der Waals surface area contributed by atoms with Gasteiger partial charge in [0.25, 0.3) is 0 Å². The molecule has 0 aliphatic carbocycles. The predicted molar refractivity (Wildman–Crippen MR) is 87.1 cm³/mol. The molecular formula is C18H16N2O4. The average Bonchev–Trinajstić information content (AvgIpc) is 2.97. The summed E-state index contributed by atoms with van der Waals surface area (Å²) in [6.07, 6.45) is 3.28. The molecule has 3 rings (SSSR count). The Labute approximate surface area is 138 Å². The van der Waals surface area contributed by atoms with Crippen molar-refractivity contribution >= 4 is 5.97 Å². The van der Waals surface area contributed by atoms with Crippen LogP contribution in [-0.4, -0.2) is 27.7 Å². The number of rotatable bonds is 6. The lowest BCUT2D eigenvalue weighted by Gasteiger charge is -2.07. The zero-order chi connectivity index (χ0) is 16.9. The summed E-state index contributed by atoms with van der Waals surface area (Å²) >= 11 is 0. The van der Waals surface area contributed by atoms with Crippen LogP contribution in [0.1, 0.15) is 21.8 Å². The van der Waals surface area contributed by atoms with Crippen molar-refractivity contribution in [1.29, 1.82) is 0 Å². The van der Waals surface area contributed by atoms with Crippen molar-refractivity contribution in [3.63, 3.8) is 0 Å². The lowest BCUT2D eigenvalue weighted by molar-refractivity contribution is 0.0691. The van der Waals surface area contributed by atoms with E-state index in [1.54, 1.807) is 0 Å². The van der Waals surface area contributed by atoms with E-state index in [9.17, 15) is 4.79 Å². The summed E-state index contributed by atoms with van der Waals surface area (Å²) in [6.45, 7) is 2.15. The van der Waals surface area contributed by atoms with Crippen LogP contribution in [0.5, 0.6) is 5.75 Å².